The number of hydrogen-bond acceptors (Lipinski definition) is 6. The Morgan fingerprint density at radius 1 is 0.931 bits per heavy atom. The lowest BCUT2D eigenvalue weighted by Crippen LogP contribution is -1.97. The van der Waals surface area contributed by atoms with Gasteiger partial charge in [0, 0.05) is 17.5 Å². The summed E-state index contributed by atoms with van der Waals surface area (Å²) in [6.07, 6.45) is 1.77. The molecule has 6 nitrogen and oxygen atoms in total. The second kappa shape index (κ2) is 9.25. The van der Waals surface area contributed by atoms with Crippen molar-refractivity contribution in [1.82, 2.24) is 20.2 Å². The smallest absolute Gasteiger partial charge is 0.209 e. The summed E-state index contributed by atoms with van der Waals surface area (Å²) in [5.41, 5.74) is 3.06. The maximum absolute atomic E-state index is 5.77. The van der Waals surface area contributed by atoms with Crippen LogP contribution in [0.4, 0.5) is 0 Å². The van der Waals surface area contributed by atoms with Crippen LogP contribution in [-0.4, -0.2) is 27.3 Å². The average molecular weight is 404 g/mol. The zero-order valence-electron chi connectivity index (χ0n) is 15.9. The SMILES string of the molecule is COc1ccc(-c2nc(SCc3ccc(OCc4ccccn4)cc3)n[nH]2)cc1. The molecule has 7 heteroatoms. The monoisotopic (exact) mass is 404 g/mol. The zero-order chi connectivity index (χ0) is 19.9. The second-order valence-corrected chi connectivity index (χ2v) is 7.18. The number of pyridine rings is 1. The summed E-state index contributed by atoms with van der Waals surface area (Å²) in [4.78, 5) is 8.81. The van der Waals surface area contributed by atoms with Crippen molar-refractivity contribution >= 4 is 11.8 Å². The minimum absolute atomic E-state index is 0.459. The molecule has 4 aromatic rings. The van der Waals surface area contributed by atoms with Crippen molar-refractivity contribution in [3.8, 4) is 22.9 Å². The Morgan fingerprint density at radius 2 is 1.72 bits per heavy atom. The predicted molar refractivity (Wildman–Crippen MR) is 113 cm³/mol. The highest BCUT2D eigenvalue weighted by atomic mass is 32.2. The predicted octanol–water partition coefficient (Wildman–Crippen LogP) is 4.75. The van der Waals surface area contributed by atoms with Gasteiger partial charge in [0.05, 0.1) is 12.8 Å². The lowest BCUT2D eigenvalue weighted by molar-refractivity contribution is 0.301. The molecule has 0 bridgehead atoms. The summed E-state index contributed by atoms with van der Waals surface area (Å²) in [6, 6.07) is 21.6. The lowest BCUT2D eigenvalue weighted by atomic mass is 10.2. The van der Waals surface area contributed by atoms with Crippen LogP contribution in [0.3, 0.4) is 0 Å². The minimum atomic E-state index is 0.459. The fraction of sp³-hybridized carbons (Fsp3) is 0.136. The minimum Gasteiger partial charge on any atom is -0.497 e. The van der Waals surface area contributed by atoms with Gasteiger partial charge in [-0.15, -0.1) is 5.10 Å². The maximum Gasteiger partial charge on any atom is 0.209 e. The molecule has 0 amide bonds. The molecule has 1 N–H and O–H groups in total. The fourth-order valence-electron chi connectivity index (χ4n) is 2.66. The van der Waals surface area contributed by atoms with Crippen molar-refractivity contribution in [1.29, 1.82) is 0 Å². The van der Waals surface area contributed by atoms with Crippen molar-refractivity contribution in [2.24, 2.45) is 0 Å². The summed E-state index contributed by atoms with van der Waals surface area (Å²) in [5, 5.41) is 8.00. The van der Waals surface area contributed by atoms with E-state index >= 15 is 0 Å². The molecule has 2 aromatic heterocycles. The molecular formula is C22H20N4O2S. The molecule has 2 heterocycles. The van der Waals surface area contributed by atoms with E-state index in [0.717, 1.165) is 34.3 Å². The molecule has 4 rings (SSSR count). The highest BCUT2D eigenvalue weighted by molar-refractivity contribution is 7.98. The van der Waals surface area contributed by atoms with Gasteiger partial charge in [0.2, 0.25) is 5.16 Å². The number of rotatable bonds is 8. The Bertz CT molecular complexity index is 1030. The first kappa shape index (κ1) is 19.0. The van der Waals surface area contributed by atoms with E-state index in [1.54, 1.807) is 25.1 Å². The van der Waals surface area contributed by atoms with Gasteiger partial charge in [-0.25, -0.2) is 4.98 Å². The summed E-state index contributed by atoms with van der Waals surface area (Å²) < 4.78 is 11.0. The van der Waals surface area contributed by atoms with Crippen LogP contribution in [0.5, 0.6) is 11.5 Å². The van der Waals surface area contributed by atoms with Gasteiger partial charge in [-0.3, -0.25) is 10.1 Å². The van der Waals surface area contributed by atoms with Crippen LogP contribution in [0.1, 0.15) is 11.3 Å². The molecule has 146 valence electrons. The van der Waals surface area contributed by atoms with Gasteiger partial charge in [-0.05, 0) is 54.1 Å². The van der Waals surface area contributed by atoms with Gasteiger partial charge in [-0.1, -0.05) is 30.0 Å². The van der Waals surface area contributed by atoms with Crippen LogP contribution in [0.2, 0.25) is 0 Å². The number of H-pyrrole nitrogens is 1. The molecule has 0 aliphatic carbocycles. The van der Waals surface area contributed by atoms with E-state index in [9.17, 15) is 0 Å². The molecule has 0 aliphatic rings. The van der Waals surface area contributed by atoms with E-state index in [2.05, 4.69) is 32.3 Å². The Balaban J connectivity index is 1.30. The number of thioether (sulfide) groups is 1. The molecule has 0 fully saturated rings. The highest BCUT2D eigenvalue weighted by Crippen LogP contribution is 2.24. The van der Waals surface area contributed by atoms with Crippen LogP contribution < -0.4 is 9.47 Å². The van der Waals surface area contributed by atoms with Gasteiger partial charge in [0.1, 0.15) is 18.1 Å². The fourth-order valence-corrected chi connectivity index (χ4v) is 3.41. The normalized spacial score (nSPS) is 10.7. The van der Waals surface area contributed by atoms with E-state index in [-0.39, 0.29) is 0 Å². The van der Waals surface area contributed by atoms with Crippen molar-refractivity contribution in [3.05, 3.63) is 84.2 Å². The largest absolute Gasteiger partial charge is 0.497 e. The van der Waals surface area contributed by atoms with Gasteiger partial charge in [0.15, 0.2) is 5.82 Å². The molecule has 0 unspecified atom stereocenters. The maximum atomic E-state index is 5.77. The number of ether oxygens (including phenoxy) is 2. The summed E-state index contributed by atoms with van der Waals surface area (Å²) in [5.74, 6) is 3.16. The van der Waals surface area contributed by atoms with Crippen molar-refractivity contribution in [2.75, 3.05) is 7.11 Å². The van der Waals surface area contributed by atoms with E-state index in [1.165, 1.54) is 5.56 Å². The van der Waals surface area contributed by atoms with Crippen LogP contribution in [0.25, 0.3) is 11.4 Å². The van der Waals surface area contributed by atoms with Crippen LogP contribution >= 0.6 is 11.8 Å². The third-order valence-corrected chi connectivity index (χ3v) is 5.15. The quantitative estimate of drug-likeness (QED) is 0.427. The summed E-state index contributed by atoms with van der Waals surface area (Å²) in [6.45, 7) is 0.459. The van der Waals surface area contributed by atoms with Crippen molar-refractivity contribution in [3.63, 3.8) is 0 Å². The molecule has 0 aliphatic heterocycles. The van der Waals surface area contributed by atoms with E-state index in [0.29, 0.717) is 11.8 Å². The van der Waals surface area contributed by atoms with E-state index < -0.39 is 0 Å². The highest BCUT2D eigenvalue weighted by Gasteiger charge is 2.07. The first-order valence-electron chi connectivity index (χ1n) is 9.11. The lowest BCUT2D eigenvalue weighted by Gasteiger charge is -2.06. The topological polar surface area (TPSA) is 72.9 Å². The summed E-state index contributed by atoms with van der Waals surface area (Å²) >= 11 is 1.58. The number of aromatic amines is 1. The van der Waals surface area contributed by atoms with Gasteiger partial charge < -0.3 is 9.47 Å². The van der Waals surface area contributed by atoms with E-state index in [1.807, 2.05) is 54.6 Å². The van der Waals surface area contributed by atoms with Crippen LogP contribution in [0, 0.1) is 0 Å². The van der Waals surface area contributed by atoms with Crippen LogP contribution in [0.15, 0.2) is 78.1 Å². The molecule has 0 saturated carbocycles. The first-order chi connectivity index (χ1) is 14.3. The standard InChI is InChI=1S/C22H20N4O2S/c1-27-19-11-7-17(8-12-19)21-24-22(26-25-21)29-15-16-5-9-20(10-6-16)28-14-18-4-2-3-13-23-18/h2-13H,14-15H2,1H3,(H,24,25,26). The molecular weight excluding hydrogens is 384 g/mol. The Kier molecular flexibility index (Phi) is 6.07. The average Bonchev–Trinajstić information content (AvgIpc) is 3.27. The first-order valence-corrected chi connectivity index (χ1v) is 10.1. The van der Waals surface area contributed by atoms with Gasteiger partial charge in [-0.2, -0.15) is 0 Å². The Hall–Kier alpha value is -3.32. The van der Waals surface area contributed by atoms with Gasteiger partial charge in [0.25, 0.3) is 0 Å². The Morgan fingerprint density at radius 3 is 2.45 bits per heavy atom. The van der Waals surface area contributed by atoms with Crippen molar-refractivity contribution in [2.45, 2.75) is 17.5 Å². The summed E-state index contributed by atoms with van der Waals surface area (Å²) in [7, 11) is 1.65. The number of nitrogens with one attached hydrogen (secondary N) is 1. The number of benzene rings is 2. The molecule has 0 atom stereocenters. The number of aromatic nitrogens is 4. The zero-order valence-corrected chi connectivity index (χ0v) is 16.7. The molecule has 0 radical (unpaired) electrons. The third kappa shape index (κ3) is 5.14. The van der Waals surface area contributed by atoms with Gasteiger partial charge >= 0.3 is 0 Å². The molecule has 0 saturated heterocycles. The molecule has 0 spiro atoms. The van der Waals surface area contributed by atoms with E-state index in [4.69, 9.17) is 9.47 Å². The second-order valence-electron chi connectivity index (χ2n) is 6.24. The number of hydrogen-bond donors (Lipinski definition) is 1. The Labute approximate surface area is 173 Å². The number of nitrogens with zero attached hydrogens (tertiary/aromatic N) is 3. The van der Waals surface area contributed by atoms with Crippen molar-refractivity contribution < 1.29 is 9.47 Å². The number of methoxy groups -OCH3 is 1. The van der Waals surface area contributed by atoms with Crippen LogP contribution in [-0.2, 0) is 12.4 Å². The molecule has 2 aromatic carbocycles. The third-order valence-electron chi connectivity index (χ3n) is 4.23. The molecule has 29 heavy (non-hydrogen) atoms.